The highest BCUT2D eigenvalue weighted by atomic mass is 14.9. The van der Waals surface area contributed by atoms with Crippen LogP contribution in [0.3, 0.4) is 0 Å². The predicted octanol–water partition coefficient (Wildman–Crippen LogP) is 2.42. The predicted molar refractivity (Wildman–Crippen MR) is 65.6 cm³/mol. The van der Waals surface area contributed by atoms with Crippen LogP contribution in [0.2, 0.25) is 0 Å². The topological polar surface area (TPSA) is 40.7 Å². The molecular formula is C13H17N3. The number of nitrogens with one attached hydrogen (secondary N) is 2. The van der Waals surface area contributed by atoms with Gasteiger partial charge in [-0.3, -0.25) is 0 Å². The third-order valence-corrected chi connectivity index (χ3v) is 3.37. The van der Waals surface area contributed by atoms with Gasteiger partial charge in [0.2, 0.25) is 0 Å². The molecule has 1 aromatic heterocycles. The molecule has 2 heterocycles. The molecule has 1 aliphatic rings. The summed E-state index contributed by atoms with van der Waals surface area (Å²) in [4.78, 5) is 8.15. The first-order valence-corrected chi connectivity index (χ1v) is 6.09. The fourth-order valence-electron chi connectivity index (χ4n) is 2.46. The lowest BCUT2D eigenvalue weighted by Crippen LogP contribution is -2.14. The van der Waals surface area contributed by atoms with E-state index < -0.39 is 0 Å². The molecule has 1 unspecified atom stereocenters. The highest BCUT2D eigenvalue weighted by Gasteiger charge is 2.17. The molecule has 16 heavy (non-hydrogen) atoms. The van der Waals surface area contributed by atoms with Crippen molar-refractivity contribution in [2.75, 3.05) is 13.1 Å². The average Bonchev–Trinajstić information content (AvgIpc) is 2.56. The number of nitrogens with zero attached hydrogens (tertiary/aromatic N) is 1. The molecule has 2 aromatic rings. The van der Waals surface area contributed by atoms with Crippen LogP contribution in [0.5, 0.6) is 0 Å². The second kappa shape index (κ2) is 4.26. The van der Waals surface area contributed by atoms with E-state index in [0.29, 0.717) is 5.92 Å². The molecule has 0 amide bonds. The second-order valence-corrected chi connectivity index (χ2v) is 4.52. The van der Waals surface area contributed by atoms with E-state index in [1.54, 1.807) is 0 Å². The van der Waals surface area contributed by atoms with Crippen molar-refractivity contribution in [3.8, 4) is 0 Å². The average molecular weight is 215 g/mol. The van der Waals surface area contributed by atoms with Crippen LogP contribution >= 0.6 is 0 Å². The number of hydrogen-bond acceptors (Lipinski definition) is 2. The molecule has 3 nitrogen and oxygen atoms in total. The summed E-state index contributed by atoms with van der Waals surface area (Å²) in [6, 6.07) is 8.27. The van der Waals surface area contributed by atoms with Gasteiger partial charge in [0.15, 0.2) is 0 Å². The first-order chi connectivity index (χ1) is 7.93. The van der Waals surface area contributed by atoms with Crippen LogP contribution in [-0.2, 0) is 0 Å². The van der Waals surface area contributed by atoms with Crippen molar-refractivity contribution in [1.29, 1.82) is 0 Å². The van der Waals surface area contributed by atoms with Crippen molar-refractivity contribution in [3.05, 3.63) is 30.1 Å². The van der Waals surface area contributed by atoms with Gasteiger partial charge in [-0.2, -0.15) is 0 Å². The van der Waals surface area contributed by atoms with Crippen molar-refractivity contribution < 1.29 is 0 Å². The Balaban J connectivity index is 1.92. The van der Waals surface area contributed by atoms with E-state index in [1.165, 1.54) is 25.1 Å². The number of H-pyrrole nitrogens is 1. The van der Waals surface area contributed by atoms with Gasteiger partial charge in [-0.15, -0.1) is 0 Å². The van der Waals surface area contributed by atoms with Gasteiger partial charge in [0.25, 0.3) is 0 Å². The summed E-state index contributed by atoms with van der Waals surface area (Å²) in [6.07, 6.45) is 3.69. The van der Waals surface area contributed by atoms with Crippen LogP contribution in [0.1, 0.15) is 31.0 Å². The zero-order valence-electron chi connectivity index (χ0n) is 9.37. The van der Waals surface area contributed by atoms with Crippen LogP contribution in [0.15, 0.2) is 24.3 Å². The Labute approximate surface area is 95.3 Å². The Hall–Kier alpha value is -1.35. The summed E-state index contributed by atoms with van der Waals surface area (Å²) in [5.74, 6) is 1.77. The third kappa shape index (κ3) is 1.83. The summed E-state index contributed by atoms with van der Waals surface area (Å²) in [5.41, 5.74) is 2.25. The van der Waals surface area contributed by atoms with E-state index in [1.807, 2.05) is 6.07 Å². The Morgan fingerprint density at radius 2 is 2.06 bits per heavy atom. The monoisotopic (exact) mass is 215 g/mol. The van der Waals surface area contributed by atoms with Gasteiger partial charge in [-0.25, -0.2) is 4.98 Å². The van der Waals surface area contributed by atoms with Crippen molar-refractivity contribution in [3.63, 3.8) is 0 Å². The van der Waals surface area contributed by atoms with Gasteiger partial charge >= 0.3 is 0 Å². The lowest BCUT2D eigenvalue weighted by molar-refractivity contribution is 0.583. The molecule has 0 radical (unpaired) electrons. The fourth-order valence-corrected chi connectivity index (χ4v) is 2.46. The molecule has 1 aliphatic heterocycles. The molecule has 3 rings (SSSR count). The molecule has 0 saturated carbocycles. The highest BCUT2D eigenvalue weighted by Crippen LogP contribution is 2.25. The van der Waals surface area contributed by atoms with Crippen molar-refractivity contribution in [2.45, 2.75) is 25.2 Å². The molecule has 0 spiro atoms. The van der Waals surface area contributed by atoms with Gasteiger partial charge in [0.1, 0.15) is 5.82 Å². The van der Waals surface area contributed by atoms with Gasteiger partial charge in [-0.1, -0.05) is 12.1 Å². The van der Waals surface area contributed by atoms with Gasteiger partial charge in [0.05, 0.1) is 11.0 Å². The largest absolute Gasteiger partial charge is 0.342 e. The number of hydrogen-bond donors (Lipinski definition) is 2. The van der Waals surface area contributed by atoms with E-state index in [0.717, 1.165) is 24.1 Å². The Bertz CT molecular complexity index is 434. The van der Waals surface area contributed by atoms with Crippen LogP contribution < -0.4 is 5.32 Å². The molecule has 0 bridgehead atoms. The van der Waals surface area contributed by atoms with E-state index in [-0.39, 0.29) is 0 Å². The van der Waals surface area contributed by atoms with Crippen molar-refractivity contribution in [2.24, 2.45) is 0 Å². The Morgan fingerprint density at radius 1 is 1.12 bits per heavy atom. The maximum absolute atomic E-state index is 4.69. The standard InChI is InChI=1S/C13H17N3/c1-2-6-12-11(5-1)15-13(16-12)10-4-3-8-14-9-7-10/h1-2,5-6,10,14H,3-4,7-9H2,(H,15,16). The fraction of sp³-hybridized carbons (Fsp3) is 0.462. The van der Waals surface area contributed by atoms with Gasteiger partial charge in [0, 0.05) is 5.92 Å². The number of benzene rings is 1. The van der Waals surface area contributed by atoms with E-state index in [9.17, 15) is 0 Å². The summed E-state index contributed by atoms with van der Waals surface area (Å²) in [6.45, 7) is 2.26. The zero-order chi connectivity index (χ0) is 10.8. The molecule has 1 saturated heterocycles. The van der Waals surface area contributed by atoms with Crippen LogP contribution in [0, 0.1) is 0 Å². The maximum atomic E-state index is 4.69. The summed E-state index contributed by atoms with van der Waals surface area (Å²) in [5, 5.41) is 3.44. The molecule has 1 fully saturated rings. The smallest absolute Gasteiger partial charge is 0.110 e. The van der Waals surface area contributed by atoms with E-state index in [4.69, 9.17) is 4.98 Å². The zero-order valence-corrected chi connectivity index (χ0v) is 9.37. The normalized spacial score (nSPS) is 22.1. The first-order valence-electron chi connectivity index (χ1n) is 6.09. The minimum Gasteiger partial charge on any atom is -0.342 e. The molecule has 84 valence electrons. The molecule has 1 atom stereocenters. The van der Waals surface area contributed by atoms with Crippen molar-refractivity contribution in [1.82, 2.24) is 15.3 Å². The highest BCUT2D eigenvalue weighted by molar-refractivity contribution is 5.74. The molecule has 0 aliphatic carbocycles. The quantitative estimate of drug-likeness (QED) is 0.767. The Kier molecular flexibility index (Phi) is 2.62. The SMILES string of the molecule is c1ccc2[nH]c(C3CCCNCC3)nc2c1. The minimum absolute atomic E-state index is 0.599. The molecule has 3 heteroatoms. The van der Waals surface area contributed by atoms with Gasteiger partial charge in [-0.05, 0) is 44.5 Å². The van der Waals surface area contributed by atoms with E-state index >= 15 is 0 Å². The van der Waals surface area contributed by atoms with Crippen LogP contribution in [-0.4, -0.2) is 23.1 Å². The summed E-state index contributed by atoms with van der Waals surface area (Å²) in [7, 11) is 0. The molecular weight excluding hydrogens is 198 g/mol. The van der Waals surface area contributed by atoms with Crippen LogP contribution in [0.25, 0.3) is 11.0 Å². The molecule has 2 N–H and O–H groups in total. The Morgan fingerprint density at radius 3 is 3.00 bits per heavy atom. The summed E-state index contributed by atoms with van der Waals surface area (Å²) >= 11 is 0. The second-order valence-electron chi connectivity index (χ2n) is 4.52. The number of aromatic nitrogens is 2. The van der Waals surface area contributed by atoms with Crippen LogP contribution in [0.4, 0.5) is 0 Å². The number of para-hydroxylation sites is 2. The molecule has 1 aromatic carbocycles. The minimum atomic E-state index is 0.599. The number of rotatable bonds is 1. The third-order valence-electron chi connectivity index (χ3n) is 3.37. The van der Waals surface area contributed by atoms with Crippen molar-refractivity contribution >= 4 is 11.0 Å². The summed E-state index contributed by atoms with van der Waals surface area (Å²) < 4.78 is 0. The maximum Gasteiger partial charge on any atom is 0.110 e. The lowest BCUT2D eigenvalue weighted by Gasteiger charge is -2.09. The van der Waals surface area contributed by atoms with Gasteiger partial charge < -0.3 is 10.3 Å². The first kappa shape index (κ1) is 9.85. The lowest BCUT2D eigenvalue weighted by atomic mass is 10.0. The number of fused-ring (bicyclic) bond motifs is 1. The van der Waals surface area contributed by atoms with E-state index in [2.05, 4.69) is 28.5 Å². The number of aromatic amines is 1. The number of imidazole rings is 1.